The molecule has 0 aliphatic rings. The third-order valence-electron chi connectivity index (χ3n) is 0.0913. The van der Waals surface area contributed by atoms with Crippen LogP contribution >= 0.6 is 0 Å². The Morgan fingerprint density at radius 1 is 1.22 bits per heavy atom. The molecular weight excluding hydrogens is 206 g/mol. The molecule has 0 aromatic rings. The molecule has 0 saturated heterocycles. The molecule has 62 valence electrons. The van der Waals surface area contributed by atoms with Gasteiger partial charge in [0.25, 0.3) is 0 Å². The van der Waals surface area contributed by atoms with E-state index < -0.39 is 0 Å². The van der Waals surface area contributed by atoms with Crippen LogP contribution in [0.4, 0.5) is 0 Å². The number of nitrogens with one attached hydrogen (secondary N) is 1. The SMILES string of the molecule is C=CN=N.[CH3-].[CH3-].[Cl-].[Cl-].[Ni+2]. The maximum Gasteiger partial charge on any atom is 2.00 e. The van der Waals surface area contributed by atoms with Crippen molar-refractivity contribution in [2.45, 2.75) is 0 Å². The second-order valence-corrected chi connectivity index (χ2v) is 0.312. The summed E-state index contributed by atoms with van der Waals surface area (Å²) in [5.74, 6) is 0. The molecule has 2 nitrogen and oxygen atoms in total. The Balaban J connectivity index is -0.00000000450. The first-order valence-electron chi connectivity index (χ1n) is 0.890. The van der Waals surface area contributed by atoms with Crippen LogP contribution in [0.2, 0.25) is 0 Å². The largest absolute Gasteiger partial charge is 2.00 e. The average Bonchev–Trinajstić information content (AvgIpc) is 1.37. The van der Waals surface area contributed by atoms with Gasteiger partial charge in [-0.2, -0.15) is 5.11 Å². The van der Waals surface area contributed by atoms with Crippen LogP contribution in [0.15, 0.2) is 17.9 Å². The van der Waals surface area contributed by atoms with E-state index in [1.807, 2.05) is 0 Å². The fourth-order valence-electron chi connectivity index (χ4n) is 0. The maximum absolute atomic E-state index is 5.96. The van der Waals surface area contributed by atoms with Crippen molar-refractivity contribution in [3.8, 4) is 0 Å². The normalized spacial score (nSPS) is 2.22. The van der Waals surface area contributed by atoms with Gasteiger partial charge >= 0.3 is 16.5 Å². The van der Waals surface area contributed by atoms with Crippen LogP contribution in [0.3, 0.4) is 0 Å². The van der Waals surface area contributed by atoms with Crippen molar-refractivity contribution in [1.82, 2.24) is 0 Å². The third kappa shape index (κ3) is 173. The number of hydrogen-bond acceptors (Lipinski definition) is 2. The van der Waals surface area contributed by atoms with Crippen LogP contribution in [-0.2, 0) is 16.5 Å². The molecule has 0 radical (unpaired) electrons. The van der Waals surface area contributed by atoms with Crippen LogP contribution < -0.4 is 24.8 Å². The van der Waals surface area contributed by atoms with Crippen molar-refractivity contribution in [3.05, 3.63) is 27.6 Å². The van der Waals surface area contributed by atoms with E-state index in [9.17, 15) is 0 Å². The molecule has 0 atom stereocenters. The number of halogens is 2. The Morgan fingerprint density at radius 2 is 1.33 bits per heavy atom. The molecule has 9 heavy (non-hydrogen) atoms. The molecule has 0 amide bonds. The van der Waals surface area contributed by atoms with Crippen molar-refractivity contribution in [3.63, 3.8) is 0 Å². The molecule has 0 spiro atoms. The number of rotatable bonds is 1. The Kier molecular flexibility index (Phi) is 504. The molecular formula is C4H10Cl2N2Ni-2. The minimum atomic E-state index is 0. The zero-order valence-electron chi connectivity index (χ0n) is 5.30. The van der Waals surface area contributed by atoms with E-state index in [1.165, 1.54) is 6.20 Å². The zero-order chi connectivity index (χ0) is 3.41. The summed E-state index contributed by atoms with van der Waals surface area (Å²) in [4.78, 5) is 0. The summed E-state index contributed by atoms with van der Waals surface area (Å²) in [5, 5.41) is 2.75. The van der Waals surface area contributed by atoms with Crippen LogP contribution in [-0.4, -0.2) is 0 Å². The molecule has 0 bridgehead atoms. The molecule has 0 aliphatic carbocycles. The summed E-state index contributed by atoms with van der Waals surface area (Å²) in [6.45, 7) is 3.12. The van der Waals surface area contributed by atoms with Crippen molar-refractivity contribution < 1.29 is 41.3 Å². The van der Waals surface area contributed by atoms with Gasteiger partial charge < -0.3 is 39.7 Å². The van der Waals surface area contributed by atoms with E-state index in [0.29, 0.717) is 0 Å². The molecule has 0 aliphatic heterocycles. The molecule has 0 heterocycles. The topological polar surface area (TPSA) is 36.2 Å². The van der Waals surface area contributed by atoms with Crippen LogP contribution in [0.25, 0.3) is 0 Å². The van der Waals surface area contributed by atoms with Gasteiger partial charge in [-0.05, 0) is 0 Å². The summed E-state index contributed by atoms with van der Waals surface area (Å²) in [6.07, 6.45) is 1.17. The monoisotopic (exact) mass is 214 g/mol. The Hall–Kier alpha value is 0.414. The summed E-state index contributed by atoms with van der Waals surface area (Å²) < 4.78 is 0. The van der Waals surface area contributed by atoms with Gasteiger partial charge in [-0.1, -0.05) is 6.58 Å². The van der Waals surface area contributed by atoms with Crippen LogP contribution in [0.5, 0.6) is 0 Å². The fourth-order valence-corrected chi connectivity index (χ4v) is 0. The van der Waals surface area contributed by atoms with Crippen LogP contribution in [0, 0.1) is 20.4 Å². The Labute approximate surface area is 79.7 Å². The first kappa shape index (κ1) is 57.2. The molecule has 0 fully saturated rings. The predicted octanol–water partition coefficient (Wildman–Crippen LogP) is -3.93. The molecule has 0 rings (SSSR count). The van der Waals surface area contributed by atoms with Gasteiger partial charge in [0.1, 0.15) is 0 Å². The van der Waals surface area contributed by atoms with Crippen molar-refractivity contribution in [1.29, 1.82) is 5.53 Å². The molecule has 5 heteroatoms. The minimum Gasteiger partial charge on any atom is -1.00 e. The first-order chi connectivity index (χ1) is 1.91. The van der Waals surface area contributed by atoms with Gasteiger partial charge in [-0.3, -0.25) is 0 Å². The third-order valence-corrected chi connectivity index (χ3v) is 0.0913. The van der Waals surface area contributed by atoms with Crippen LogP contribution in [0.1, 0.15) is 0 Å². The van der Waals surface area contributed by atoms with E-state index in [-0.39, 0.29) is 56.2 Å². The molecule has 0 aromatic heterocycles. The number of hydrogen-bond donors (Lipinski definition) is 1. The standard InChI is InChI=1S/C2H4N2.2CH3.2ClH.Ni/c1-2-4-3;;;;;/h2-3H,1H2;2*1H3;2*1H;/q;2*-1;;;+2/p-2. The van der Waals surface area contributed by atoms with Gasteiger partial charge in [0.05, 0.1) is 0 Å². The van der Waals surface area contributed by atoms with Gasteiger partial charge in [-0.15, -0.1) is 0 Å². The summed E-state index contributed by atoms with van der Waals surface area (Å²) >= 11 is 0. The molecule has 0 aromatic carbocycles. The molecule has 0 saturated carbocycles. The zero-order valence-corrected chi connectivity index (χ0v) is 7.80. The van der Waals surface area contributed by atoms with Gasteiger partial charge in [0.15, 0.2) is 0 Å². The minimum absolute atomic E-state index is 0. The van der Waals surface area contributed by atoms with E-state index >= 15 is 0 Å². The summed E-state index contributed by atoms with van der Waals surface area (Å²) in [7, 11) is 0. The van der Waals surface area contributed by atoms with Gasteiger partial charge in [-0.25, -0.2) is 5.53 Å². The molecule has 0 unspecified atom stereocenters. The average molecular weight is 216 g/mol. The quantitative estimate of drug-likeness (QED) is 0.264. The first-order valence-corrected chi connectivity index (χ1v) is 0.890. The van der Waals surface area contributed by atoms with Crippen molar-refractivity contribution in [2.75, 3.05) is 0 Å². The Morgan fingerprint density at radius 3 is 1.33 bits per heavy atom. The second-order valence-electron chi connectivity index (χ2n) is 0.312. The smallest absolute Gasteiger partial charge is 1.00 e. The van der Waals surface area contributed by atoms with Crippen molar-refractivity contribution in [2.24, 2.45) is 5.11 Å². The predicted molar refractivity (Wildman–Crippen MR) is 28.2 cm³/mol. The summed E-state index contributed by atoms with van der Waals surface area (Å²) in [6, 6.07) is 0. The Bertz CT molecular complexity index is 37.5. The summed E-state index contributed by atoms with van der Waals surface area (Å²) in [5.41, 5.74) is 5.96. The van der Waals surface area contributed by atoms with E-state index in [1.54, 1.807) is 0 Å². The van der Waals surface area contributed by atoms with E-state index in [0.717, 1.165) is 0 Å². The fraction of sp³-hybridized carbons (Fsp3) is 0. The van der Waals surface area contributed by atoms with Gasteiger partial charge in [0.2, 0.25) is 0 Å². The van der Waals surface area contributed by atoms with E-state index in [4.69, 9.17) is 5.53 Å². The maximum atomic E-state index is 5.96. The van der Waals surface area contributed by atoms with E-state index in [2.05, 4.69) is 11.7 Å². The molecule has 1 N–H and O–H groups in total. The van der Waals surface area contributed by atoms with Gasteiger partial charge in [0, 0.05) is 6.20 Å². The number of nitrogens with zero attached hydrogens (tertiary/aromatic N) is 1. The van der Waals surface area contributed by atoms with Crippen molar-refractivity contribution >= 4 is 0 Å². The second kappa shape index (κ2) is 79.4.